The lowest BCUT2D eigenvalue weighted by atomic mass is 9.95. The van der Waals surface area contributed by atoms with Crippen LogP contribution in [0.15, 0.2) is 39.7 Å². The normalized spacial score (nSPS) is 15.2. The maximum absolute atomic E-state index is 12.5. The molecule has 0 spiro atoms. The van der Waals surface area contributed by atoms with E-state index in [1.54, 1.807) is 23.4 Å². The molecule has 1 aliphatic heterocycles. The number of rotatable bonds is 4. The van der Waals surface area contributed by atoms with Gasteiger partial charge < -0.3 is 14.6 Å². The first-order chi connectivity index (χ1) is 12.0. The van der Waals surface area contributed by atoms with Crippen molar-refractivity contribution in [3.63, 3.8) is 0 Å². The summed E-state index contributed by atoms with van der Waals surface area (Å²) in [4.78, 5) is 30.6. The van der Waals surface area contributed by atoms with Gasteiger partial charge in [0.25, 0.3) is 5.91 Å². The molecule has 0 aromatic carbocycles. The number of amides is 2. The van der Waals surface area contributed by atoms with Gasteiger partial charge in [-0.05, 0) is 53.4 Å². The van der Waals surface area contributed by atoms with Gasteiger partial charge in [-0.3, -0.25) is 14.6 Å². The summed E-state index contributed by atoms with van der Waals surface area (Å²) in [7, 11) is 0. The van der Waals surface area contributed by atoms with Crippen molar-refractivity contribution in [2.24, 2.45) is 5.92 Å². The lowest BCUT2D eigenvalue weighted by molar-refractivity contribution is -0.126. The van der Waals surface area contributed by atoms with Gasteiger partial charge in [0.05, 0.1) is 0 Å². The van der Waals surface area contributed by atoms with Crippen LogP contribution < -0.4 is 5.32 Å². The molecule has 0 saturated carbocycles. The third-order valence-corrected chi connectivity index (χ3v) is 4.82. The van der Waals surface area contributed by atoms with E-state index in [-0.39, 0.29) is 17.7 Å². The van der Waals surface area contributed by atoms with Crippen LogP contribution in [0.3, 0.4) is 0 Å². The Labute approximate surface area is 154 Å². The second kappa shape index (κ2) is 7.82. The van der Waals surface area contributed by atoms with Crippen molar-refractivity contribution in [2.75, 3.05) is 13.1 Å². The lowest BCUT2D eigenvalue weighted by Gasteiger charge is -2.31. The highest BCUT2D eigenvalue weighted by Crippen LogP contribution is 2.24. The van der Waals surface area contributed by atoms with Crippen LogP contribution in [0.1, 0.15) is 34.5 Å². The van der Waals surface area contributed by atoms with E-state index in [2.05, 4.69) is 26.2 Å². The van der Waals surface area contributed by atoms with Gasteiger partial charge in [0.15, 0.2) is 10.4 Å². The Morgan fingerprint density at radius 3 is 2.76 bits per heavy atom. The second-order valence-corrected chi connectivity index (χ2v) is 6.99. The summed E-state index contributed by atoms with van der Waals surface area (Å²) >= 11 is 3.25. The molecule has 2 aromatic heterocycles. The summed E-state index contributed by atoms with van der Waals surface area (Å²) in [6.07, 6.45) is 4.76. The molecule has 0 atom stereocenters. The summed E-state index contributed by atoms with van der Waals surface area (Å²) in [5.41, 5.74) is 1.79. The Morgan fingerprint density at radius 2 is 2.16 bits per heavy atom. The summed E-state index contributed by atoms with van der Waals surface area (Å²) in [6, 6.07) is 5.56. The number of likely N-dealkylation sites (tertiary alicyclic amines) is 1. The average molecular weight is 406 g/mol. The van der Waals surface area contributed by atoms with Crippen molar-refractivity contribution in [3.05, 3.63) is 52.1 Å². The number of halogens is 1. The Bertz CT molecular complexity index is 752. The number of hydrogen-bond donors (Lipinski definition) is 1. The minimum absolute atomic E-state index is 0.0351. The molecule has 132 valence electrons. The standard InChI is InChI=1S/C18H20BrN3O3/c1-12-9-15(19)25-16(12)18(24)22-7-4-14(5-8-22)17(23)21-11-13-3-2-6-20-10-13/h2-3,6,9-10,14H,4-5,7-8,11H2,1H3,(H,21,23). The number of pyridine rings is 1. The van der Waals surface area contributed by atoms with Crippen LogP contribution in [0.5, 0.6) is 0 Å². The Morgan fingerprint density at radius 1 is 1.40 bits per heavy atom. The first kappa shape index (κ1) is 17.7. The average Bonchev–Trinajstić information content (AvgIpc) is 2.98. The van der Waals surface area contributed by atoms with E-state index < -0.39 is 0 Å². The molecule has 0 unspecified atom stereocenters. The van der Waals surface area contributed by atoms with Crippen molar-refractivity contribution in [2.45, 2.75) is 26.3 Å². The molecule has 2 aromatic rings. The fourth-order valence-electron chi connectivity index (χ4n) is 2.98. The van der Waals surface area contributed by atoms with Gasteiger partial charge in [0.1, 0.15) is 0 Å². The predicted octanol–water partition coefficient (Wildman–Crippen LogP) is 2.91. The van der Waals surface area contributed by atoms with Crippen LogP contribution in [-0.2, 0) is 11.3 Å². The quantitative estimate of drug-likeness (QED) is 0.848. The smallest absolute Gasteiger partial charge is 0.289 e. The number of carbonyl (C=O) groups is 2. The number of hydrogen-bond acceptors (Lipinski definition) is 4. The number of nitrogens with zero attached hydrogens (tertiary/aromatic N) is 2. The van der Waals surface area contributed by atoms with Gasteiger partial charge in [-0.15, -0.1) is 0 Å². The van der Waals surface area contributed by atoms with E-state index in [4.69, 9.17) is 4.42 Å². The molecule has 0 bridgehead atoms. The number of nitrogens with one attached hydrogen (secondary N) is 1. The van der Waals surface area contributed by atoms with Gasteiger partial charge in [-0.1, -0.05) is 6.07 Å². The minimum Gasteiger partial charge on any atom is -0.444 e. The Hall–Kier alpha value is -2.15. The molecule has 1 N–H and O–H groups in total. The van der Waals surface area contributed by atoms with Crippen LogP contribution in [-0.4, -0.2) is 34.8 Å². The number of aromatic nitrogens is 1. The highest BCUT2D eigenvalue weighted by Gasteiger charge is 2.29. The summed E-state index contributed by atoms with van der Waals surface area (Å²) in [5, 5.41) is 2.95. The predicted molar refractivity (Wildman–Crippen MR) is 95.9 cm³/mol. The number of piperidine rings is 1. The molecule has 3 heterocycles. The highest BCUT2D eigenvalue weighted by molar-refractivity contribution is 9.10. The molecule has 6 nitrogen and oxygen atoms in total. The first-order valence-corrected chi connectivity index (χ1v) is 9.05. The van der Waals surface area contributed by atoms with E-state index in [1.165, 1.54) is 0 Å². The summed E-state index contributed by atoms with van der Waals surface area (Å²) in [5.74, 6) is 0.224. The fourth-order valence-corrected chi connectivity index (χ4v) is 3.49. The first-order valence-electron chi connectivity index (χ1n) is 8.26. The Balaban J connectivity index is 1.50. The monoisotopic (exact) mass is 405 g/mol. The topological polar surface area (TPSA) is 75.4 Å². The highest BCUT2D eigenvalue weighted by atomic mass is 79.9. The molecule has 1 fully saturated rings. The van der Waals surface area contributed by atoms with Crippen LogP contribution in [0.25, 0.3) is 0 Å². The van der Waals surface area contributed by atoms with E-state index >= 15 is 0 Å². The largest absolute Gasteiger partial charge is 0.444 e. The van der Waals surface area contributed by atoms with Gasteiger partial charge in [0, 0.05) is 43.5 Å². The van der Waals surface area contributed by atoms with E-state index in [0.717, 1.165) is 11.1 Å². The Kier molecular flexibility index (Phi) is 5.53. The van der Waals surface area contributed by atoms with E-state index in [1.807, 2.05) is 19.1 Å². The van der Waals surface area contributed by atoms with Crippen LogP contribution in [0, 0.1) is 12.8 Å². The maximum atomic E-state index is 12.5. The SMILES string of the molecule is Cc1cc(Br)oc1C(=O)N1CCC(C(=O)NCc2cccnc2)CC1. The zero-order chi connectivity index (χ0) is 17.8. The zero-order valence-corrected chi connectivity index (χ0v) is 15.6. The maximum Gasteiger partial charge on any atom is 0.289 e. The third-order valence-electron chi connectivity index (χ3n) is 4.42. The number of aryl methyl sites for hydroxylation is 1. The fraction of sp³-hybridized carbons (Fsp3) is 0.389. The second-order valence-electron chi connectivity index (χ2n) is 6.21. The van der Waals surface area contributed by atoms with Crippen molar-refractivity contribution in [1.82, 2.24) is 15.2 Å². The van der Waals surface area contributed by atoms with Crippen molar-refractivity contribution in [3.8, 4) is 0 Å². The van der Waals surface area contributed by atoms with Gasteiger partial charge in [-0.2, -0.15) is 0 Å². The minimum atomic E-state index is -0.114. The molecule has 1 aliphatic rings. The molecule has 3 rings (SSSR count). The van der Waals surface area contributed by atoms with Crippen molar-refractivity contribution < 1.29 is 14.0 Å². The van der Waals surface area contributed by atoms with Crippen molar-refractivity contribution in [1.29, 1.82) is 0 Å². The zero-order valence-electron chi connectivity index (χ0n) is 14.0. The summed E-state index contributed by atoms with van der Waals surface area (Å²) < 4.78 is 5.99. The number of furan rings is 1. The van der Waals surface area contributed by atoms with Gasteiger partial charge >= 0.3 is 0 Å². The third kappa shape index (κ3) is 4.28. The molecule has 0 aliphatic carbocycles. The van der Waals surface area contributed by atoms with Gasteiger partial charge in [-0.25, -0.2) is 0 Å². The van der Waals surface area contributed by atoms with Crippen LogP contribution in [0.2, 0.25) is 0 Å². The molecule has 7 heteroatoms. The van der Waals surface area contributed by atoms with E-state index in [9.17, 15) is 9.59 Å². The molecule has 2 amide bonds. The summed E-state index contributed by atoms with van der Waals surface area (Å²) in [6.45, 7) is 3.44. The number of carbonyl (C=O) groups excluding carboxylic acids is 2. The van der Waals surface area contributed by atoms with Crippen LogP contribution in [0.4, 0.5) is 0 Å². The van der Waals surface area contributed by atoms with Crippen LogP contribution >= 0.6 is 15.9 Å². The lowest BCUT2D eigenvalue weighted by Crippen LogP contribution is -2.43. The molecular formula is C18H20BrN3O3. The molecule has 25 heavy (non-hydrogen) atoms. The molecular weight excluding hydrogens is 386 g/mol. The van der Waals surface area contributed by atoms with Crippen molar-refractivity contribution >= 4 is 27.7 Å². The van der Waals surface area contributed by atoms with Gasteiger partial charge in [0.2, 0.25) is 5.91 Å². The van der Waals surface area contributed by atoms with E-state index in [0.29, 0.717) is 42.9 Å². The molecule has 0 radical (unpaired) electrons. The molecule has 1 saturated heterocycles.